The Morgan fingerprint density at radius 2 is 1.10 bits per heavy atom. The molecule has 0 saturated heterocycles. The molecule has 0 saturated carbocycles. The Balaban J connectivity index is 3.03. The van der Waals surface area contributed by atoms with Gasteiger partial charge in [0.05, 0.1) is 0 Å². The number of carbonyl (C=O) groups excluding carboxylic acids is 4. The molecule has 1 heterocycles. The molecule has 11 heteroatoms. The van der Waals surface area contributed by atoms with E-state index in [-0.39, 0.29) is 19.6 Å². The van der Waals surface area contributed by atoms with Crippen LogP contribution in [0.3, 0.4) is 0 Å². The summed E-state index contributed by atoms with van der Waals surface area (Å²) in [4.78, 5) is 50.8. The molecular formula is C18H17O8PSe2. The molecule has 0 atom stereocenters. The fourth-order valence-electron chi connectivity index (χ4n) is 2.59. The molecule has 0 bridgehead atoms. The fraction of sp³-hybridized carbons (Fsp3) is 0.222. The SMILES string of the molecule is COC(=O)C1=C(C(=O)OC)[P+]([Se-])(c2ccccc2)C(C(=O)OC)=C(C(=O)OC)[Se]1. The minimum atomic E-state index is -3.23. The maximum atomic E-state index is 12.8. The van der Waals surface area contributed by atoms with Crippen LogP contribution in [0.15, 0.2) is 49.9 Å². The molecule has 0 aliphatic carbocycles. The van der Waals surface area contributed by atoms with E-state index < -0.39 is 44.8 Å². The van der Waals surface area contributed by atoms with Crippen molar-refractivity contribution in [3.05, 3.63) is 49.9 Å². The second-order valence-corrected chi connectivity index (χ2v) is 13.6. The number of esters is 4. The van der Waals surface area contributed by atoms with Crippen molar-refractivity contribution in [1.29, 1.82) is 0 Å². The van der Waals surface area contributed by atoms with E-state index in [1.165, 1.54) is 28.4 Å². The Morgan fingerprint density at radius 3 is 1.45 bits per heavy atom. The van der Waals surface area contributed by atoms with E-state index in [4.69, 9.17) is 18.9 Å². The number of hydrogen-bond acceptors (Lipinski definition) is 8. The average Bonchev–Trinajstić information content (AvgIpc) is 2.76. The molecule has 29 heavy (non-hydrogen) atoms. The van der Waals surface area contributed by atoms with Crippen LogP contribution >= 0.6 is 5.95 Å². The van der Waals surface area contributed by atoms with Crippen LogP contribution in [0, 0.1) is 0 Å². The van der Waals surface area contributed by atoms with Crippen LogP contribution in [0.25, 0.3) is 0 Å². The fourth-order valence-corrected chi connectivity index (χ4v) is 14.1. The van der Waals surface area contributed by atoms with Crippen molar-refractivity contribution >= 4 is 65.7 Å². The van der Waals surface area contributed by atoms with Gasteiger partial charge in [-0.15, -0.1) is 0 Å². The number of ether oxygens (including phenoxy) is 4. The van der Waals surface area contributed by atoms with E-state index >= 15 is 0 Å². The Bertz CT molecular complexity index is 871. The summed E-state index contributed by atoms with van der Waals surface area (Å²) in [5.41, 5.74) is 0. The van der Waals surface area contributed by atoms with E-state index in [0.717, 1.165) is 0 Å². The van der Waals surface area contributed by atoms with Gasteiger partial charge in [0.25, 0.3) is 0 Å². The Hall–Kier alpha value is -1.95. The normalized spacial score (nSPS) is 15.5. The van der Waals surface area contributed by atoms with Crippen LogP contribution in [0.2, 0.25) is 0 Å². The number of carbonyl (C=O) groups is 4. The van der Waals surface area contributed by atoms with Crippen molar-refractivity contribution in [2.45, 2.75) is 0 Å². The Labute approximate surface area is 181 Å². The zero-order chi connectivity index (χ0) is 21.8. The molecule has 0 amide bonds. The zero-order valence-corrected chi connectivity index (χ0v) is 20.2. The van der Waals surface area contributed by atoms with E-state index in [1.807, 2.05) is 0 Å². The zero-order valence-electron chi connectivity index (χ0n) is 15.9. The standard InChI is InChI=1S/C18H17O8PSe2/c1-23-15(19)11-13(17(21)25-3)29-14(18(22)26-4)12(16(20)24-2)27(11,28)10-8-6-5-7-9-10/h5-9H,1-4H3. The molecule has 0 spiro atoms. The van der Waals surface area contributed by atoms with Gasteiger partial charge in [-0.05, 0) is 0 Å². The van der Waals surface area contributed by atoms with Crippen LogP contribution in [0.5, 0.6) is 0 Å². The van der Waals surface area contributed by atoms with Crippen LogP contribution in [0.1, 0.15) is 0 Å². The van der Waals surface area contributed by atoms with Gasteiger partial charge in [0.15, 0.2) is 0 Å². The van der Waals surface area contributed by atoms with Crippen molar-refractivity contribution in [1.82, 2.24) is 0 Å². The topological polar surface area (TPSA) is 105 Å². The summed E-state index contributed by atoms with van der Waals surface area (Å²) in [6.07, 6.45) is 0. The van der Waals surface area contributed by atoms with E-state index in [2.05, 4.69) is 15.6 Å². The molecule has 0 N–H and O–H groups in total. The van der Waals surface area contributed by atoms with Crippen molar-refractivity contribution < 1.29 is 38.1 Å². The monoisotopic (exact) mass is 552 g/mol. The molecule has 1 aliphatic rings. The number of rotatable bonds is 5. The van der Waals surface area contributed by atoms with Gasteiger partial charge in [-0.1, -0.05) is 0 Å². The predicted molar refractivity (Wildman–Crippen MR) is 107 cm³/mol. The van der Waals surface area contributed by atoms with Crippen LogP contribution in [-0.2, 0) is 38.1 Å². The van der Waals surface area contributed by atoms with Crippen LogP contribution in [0.4, 0.5) is 0 Å². The summed E-state index contributed by atoms with van der Waals surface area (Å²) in [6.45, 7) is 0. The summed E-state index contributed by atoms with van der Waals surface area (Å²) in [7, 11) is 4.67. The van der Waals surface area contributed by atoms with Gasteiger partial charge in [-0.25, -0.2) is 0 Å². The third kappa shape index (κ3) is 4.18. The Morgan fingerprint density at radius 1 is 0.724 bits per heavy atom. The third-order valence-electron chi connectivity index (χ3n) is 3.88. The number of hydrogen-bond donors (Lipinski definition) is 0. The van der Waals surface area contributed by atoms with Gasteiger partial charge in [0.2, 0.25) is 0 Å². The number of methoxy groups -OCH3 is 4. The first-order valence-electron chi connectivity index (χ1n) is 7.94. The first kappa shape index (κ1) is 23.3. The minimum absolute atomic E-state index is 0.0177. The van der Waals surface area contributed by atoms with Gasteiger partial charge in [-0.3, -0.25) is 0 Å². The summed E-state index contributed by atoms with van der Waals surface area (Å²) in [5, 5.41) is 0.497. The molecule has 1 aromatic rings. The molecule has 2 rings (SSSR count). The second-order valence-electron chi connectivity index (χ2n) is 5.37. The predicted octanol–water partition coefficient (Wildman–Crippen LogP) is 0.246. The molecule has 8 nitrogen and oxygen atoms in total. The van der Waals surface area contributed by atoms with Gasteiger partial charge in [0, 0.05) is 0 Å². The van der Waals surface area contributed by atoms with Crippen LogP contribution in [-0.4, -0.2) is 82.8 Å². The van der Waals surface area contributed by atoms with Crippen molar-refractivity contribution in [3.63, 3.8) is 0 Å². The van der Waals surface area contributed by atoms with E-state index in [1.54, 1.807) is 30.3 Å². The average molecular weight is 550 g/mol. The number of benzene rings is 1. The van der Waals surface area contributed by atoms with Crippen molar-refractivity contribution in [2.24, 2.45) is 0 Å². The molecular weight excluding hydrogens is 533 g/mol. The van der Waals surface area contributed by atoms with Gasteiger partial charge >= 0.3 is 182 Å². The summed E-state index contributed by atoms with van der Waals surface area (Å²) in [5.74, 6) is -6.40. The second kappa shape index (κ2) is 9.70. The van der Waals surface area contributed by atoms with Crippen molar-refractivity contribution in [2.75, 3.05) is 28.4 Å². The molecule has 0 fully saturated rings. The summed E-state index contributed by atoms with van der Waals surface area (Å²) < 4.78 is 19.5. The summed E-state index contributed by atoms with van der Waals surface area (Å²) in [6, 6.07) is 8.58. The molecule has 0 radical (unpaired) electrons. The molecule has 1 aromatic carbocycles. The first-order valence-corrected chi connectivity index (χ1v) is 13.7. The molecule has 154 valence electrons. The van der Waals surface area contributed by atoms with Crippen molar-refractivity contribution in [3.8, 4) is 0 Å². The third-order valence-corrected chi connectivity index (χ3v) is 13.7. The quantitative estimate of drug-likeness (QED) is 0.223. The van der Waals surface area contributed by atoms with Gasteiger partial charge in [-0.2, -0.15) is 0 Å². The molecule has 0 unspecified atom stereocenters. The van der Waals surface area contributed by atoms with Gasteiger partial charge < -0.3 is 0 Å². The van der Waals surface area contributed by atoms with Gasteiger partial charge in [0.1, 0.15) is 0 Å². The first-order chi connectivity index (χ1) is 13.8. The molecule has 1 aliphatic heterocycles. The van der Waals surface area contributed by atoms with E-state index in [9.17, 15) is 19.2 Å². The van der Waals surface area contributed by atoms with Crippen LogP contribution < -0.4 is 5.30 Å². The Kier molecular flexibility index (Phi) is 7.80. The summed E-state index contributed by atoms with van der Waals surface area (Å²) >= 11 is 1.89. The van der Waals surface area contributed by atoms with E-state index in [0.29, 0.717) is 5.30 Å². The maximum absolute atomic E-state index is 12.8. The molecule has 0 aromatic heterocycles.